The van der Waals surface area contributed by atoms with Gasteiger partial charge < -0.3 is 14.2 Å². The van der Waals surface area contributed by atoms with Crippen molar-refractivity contribution in [3.8, 4) is 17.3 Å². The number of ketones is 1. The molecule has 1 aromatic carbocycles. The average Bonchev–Trinajstić information content (AvgIpc) is 3.25. The van der Waals surface area contributed by atoms with Gasteiger partial charge in [0.1, 0.15) is 23.6 Å². The van der Waals surface area contributed by atoms with Crippen LogP contribution in [0, 0.1) is 16.7 Å². The van der Waals surface area contributed by atoms with Crippen molar-refractivity contribution < 1.29 is 18.8 Å². The SMILES string of the molecule is CC1(C)CC2(C=C(C#N)C1=O)CN(C(=O)c1ccc(-c3ccon3)cc1)CCO2. The maximum absolute atomic E-state index is 13.1. The van der Waals surface area contributed by atoms with Crippen LogP contribution < -0.4 is 0 Å². The summed E-state index contributed by atoms with van der Waals surface area (Å²) >= 11 is 0. The highest BCUT2D eigenvalue weighted by Gasteiger charge is 2.48. The predicted octanol–water partition coefficient (Wildman–Crippen LogP) is 3.00. The molecule has 1 fully saturated rings. The second-order valence-electron chi connectivity index (χ2n) is 8.16. The monoisotopic (exact) mass is 391 g/mol. The van der Waals surface area contributed by atoms with Crippen molar-refractivity contribution in [3.63, 3.8) is 0 Å². The minimum atomic E-state index is -0.822. The minimum absolute atomic E-state index is 0.104. The van der Waals surface area contributed by atoms with E-state index >= 15 is 0 Å². The van der Waals surface area contributed by atoms with E-state index in [0.717, 1.165) is 5.56 Å². The number of nitriles is 1. The first-order valence-corrected chi connectivity index (χ1v) is 9.45. The van der Waals surface area contributed by atoms with E-state index < -0.39 is 11.0 Å². The van der Waals surface area contributed by atoms with Crippen LogP contribution in [0.3, 0.4) is 0 Å². The van der Waals surface area contributed by atoms with Gasteiger partial charge in [0.25, 0.3) is 5.91 Å². The van der Waals surface area contributed by atoms with Crippen LogP contribution in [0.25, 0.3) is 11.3 Å². The fraction of sp³-hybridized carbons (Fsp3) is 0.364. The van der Waals surface area contributed by atoms with Gasteiger partial charge >= 0.3 is 0 Å². The number of Topliss-reactive ketones (excluding diaryl/α,β-unsaturated/α-hetero) is 1. The Morgan fingerprint density at radius 2 is 2.00 bits per heavy atom. The number of hydrogen-bond acceptors (Lipinski definition) is 6. The predicted molar refractivity (Wildman–Crippen MR) is 104 cm³/mol. The minimum Gasteiger partial charge on any atom is -0.367 e. The maximum atomic E-state index is 13.1. The van der Waals surface area contributed by atoms with E-state index in [4.69, 9.17) is 9.26 Å². The van der Waals surface area contributed by atoms with Crippen LogP contribution in [0.5, 0.6) is 0 Å². The van der Waals surface area contributed by atoms with Crippen LogP contribution in [0.2, 0.25) is 0 Å². The Kier molecular flexibility index (Phi) is 4.59. The molecule has 1 atom stereocenters. The zero-order chi connectivity index (χ0) is 20.6. The third-order valence-corrected chi connectivity index (χ3v) is 5.49. The van der Waals surface area contributed by atoms with E-state index in [2.05, 4.69) is 5.16 Å². The number of benzene rings is 1. The van der Waals surface area contributed by atoms with E-state index in [9.17, 15) is 14.9 Å². The third kappa shape index (κ3) is 3.47. The van der Waals surface area contributed by atoms with Gasteiger partial charge in [0.15, 0.2) is 5.78 Å². The largest absolute Gasteiger partial charge is 0.367 e. The molecule has 1 saturated heterocycles. The Labute approximate surface area is 168 Å². The van der Waals surface area contributed by atoms with Gasteiger partial charge in [0.05, 0.1) is 18.7 Å². The van der Waals surface area contributed by atoms with Crippen molar-refractivity contribution in [2.75, 3.05) is 19.7 Å². The molecule has 4 rings (SSSR count). The molecule has 1 amide bonds. The van der Waals surface area contributed by atoms with Crippen LogP contribution in [0.1, 0.15) is 30.6 Å². The van der Waals surface area contributed by atoms with Crippen LogP contribution in [-0.2, 0) is 9.53 Å². The van der Waals surface area contributed by atoms with E-state index in [1.165, 1.54) is 6.26 Å². The van der Waals surface area contributed by atoms with Gasteiger partial charge in [-0.05, 0) is 24.6 Å². The molecule has 0 radical (unpaired) electrons. The lowest BCUT2D eigenvalue weighted by Crippen LogP contribution is -2.57. The number of allylic oxidation sites excluding steroid dienone is 1. The topological polar surface area (TPSA) is 96.4 Å². The Morgan fingerprint density at radius 1 is 1.24 bits per heavy atom. The first-order valence-electron chi connectivity index (χ1n) is 9.45. The normalized spacial score (nSPS) is 23.6. The van der Waals surface area contributed by atoms with Gasteiger partial charge in [-0.25, -0.2) is 0 Å². The number of carbonyl (C=O) groups is 2. The highest BCUT2D eigenvalue weighted by atomic mass is 16.5. The van der Waals surface area contributed by atoms with Gasteiger partial charge in [-0.3, -0.25) is 9.59 Å². The smallest absolute Gasteiger partial charge is 0.254 e. The second-order valence-corrected chi connectivity index (χ2v) is 8.16. The Bertz CT molecular complexity index is 1020. The van der Waals surface area contributed by atoms with E-state index in [1.54, 1.807) is 29.2 Å². The summed E-state index contributed by atoms with van der Waals surface area (Å²) in [5, 5.41) is 13.3. The van der Waals surface area contributed by atoms with Crippen LogP contribution >= 0.6 is 0 Å². The summed E-state index contributed by atoms with van der Waals surface area (Å²) in [4.78, 5) is 27.2. The number of rotatable bonds is 2. The van der Waals surface area contributed by atoms with E-state index in [0.29, 0.717) is 37.4 Å². The van der Waals surface area contributed by atoms with Crippen LogP contribution in [-0.4, -0.2) is 47.0 Å². The van der Waals surface area contributed by atoms with E-state index in [-0.39, 0.29) is 17.3 Å². The fourth-order valence-electron chi connectivity index (χ4n) is 4.16. The Hall–Kier alpha value is -3.24. The number of carbonyl (C=O) groups excluding carboxylic acids is 2. The van der Waals surface area contributed by atoms with Crippen molar-refractivity contribution in [2.45, 2.75) is 25.9 Å². The number of aromatic nitrogens is 1. The molecular formula is C22H21N3O4. The van der Waals surface area contributed by atoms with Crippen LogP contribution in [0.15, 0.2) is 52.8 Å². The van der Waals surface area contributed by atoms with Gasteiger partial charge in [-0.15, -0.1) is 0 Å². The van der Waals surface area contributed by atoms with E-state index in [1.807, 2.05) is 32.0 Å². The number of amides is 1. The highest BCUT2D eigenvalue weighted by Crippen LogP contribution is 2.41. The molecule has 7 heteroatoms. The molecule has 2 heterocycles. The highest BCUT2D eigenvalue weighted by molar-refractivity contribution is 6.04. The number of morpholine rings is 1. The van der Waals surface area contributed by atoms with Gasteiger partial charge in [-0.2, -0.15) is 5.26 Å². The molecule has 2 aliphatic rings. The third-order valence-electron chi connectivity index (χ3n) is 5.49. The Morgan fingerprint density at radius 3 is 2.66 bits per heavy atom. The summed E-state index contributed by atoms with van der Waals surface area (Å²) in [6.45, 7) is 4.74. The summed E-state index contributed by atoms with van der Waals surface area (Å²) < 4.78 is 10.9. The molecule has 0 bridgehead atoms. The molecule has 148 valence electrons. The summed E-state index contributed by atoms with van der Waals surface area (Å²) in [5.41, 5.74) is 0.695. The zero-order valence-corrected chi connectivity index (χ0v) is 16.3. The summed E-state index contributed by atoms with van der Waals surface area (Å²) in [7, 11) is 0. The van der Waals surface area contributed by atoms with Crippen molar-refractivity contribution in [1.29, 1.82) is 5.26 Å². The van der Waals surface area contributed by atoms with Gasteiger partial charge in [0, 0.05) is 29.2 Å². The molecule has 1 aliphatic heterocycles. The van der Waals surface area contributed by atoms with Crippen LogP contribution in [0.4, 0.5) is 0 Å². The first kappa shape index (κ1) is 19.1. The first-order chi connectivity index (χ1) is 13.8. The molecule has 0 N–H and O–H groups in total. The summed E-state index contributed by atoms with van der Waals surface area (Å²) in [6.07, 6.45) is 3.54. The molecular weight excluding hydrogens is 370 g/mol. The lowest BCUT2D eigenvalue weighted by atomic mass is 9.69. The van der Waals surface area contributed by atoms with Gasteiger partial charge in [-0.1, -0.05) is 31.1 Å². The van der Waals surface area contributed by atoms with Crippen molar-refractivity contribution >= 4 is 11.7 Å². The molecule has 1 unspecified atom stereocenters. The molecule has 1 spiro atoms. The molecule has 0 saturated carbocycles. The van der Waals surface area contributed by atoms with Gasteiger partial charge in [0.2, 0.25) is 0 Å². The molecule has 2 aromatic rings. The van der Waals surface area contributed by atoms with Crippen molar-refractivity contribution in [1.82, 2.24) is 10.1 Å². The average molecular weight is 391 g/mol. The molecule has 1 aromatic heterocycles. The molecule has 7 nitrogen and oxygen atoms in total. The van der Waals surface area contributed by atoms with Crippen molar-refractivity contribution in [3.05, 3.63) is 53.8 Å². The number of nitrogens with zero attached hydrogens (tertiary/aromatic N) is 3. The quantitative estimate of drug-likeness (QED) is 0.781. The lowest BCUT2D eigenvalue weighted by molar-refractivity contribution is -0.134. The summed E-state index contributed by atoms with van der Waals surface area (Å²) in [5.74, 6) is -0.290. The lowest BCUT2D eigenvalue weighted by Gasteiger charge is -2.46. The maximum Gasteiger partial charge on any atom is 0.254 e. The number of ether oxygens (including phenoxy) is 1. The summed E-state index contributed by atoms with van der Waals surface area (Å²) in [6, 6.07) is 10.9. The van der Waals surface area contributed by atoms with Crippen molar-refractivity contribution in [2.24, 2.45) is 5.41 Å². The number of hydrogen-bond donors (Lipinski definition) is 0. The fourth-order valence-corrected chi connectivity index (χ4v) is 4.16. The molecule has 29 heavy (non-hydrogen) atoms. The molecule has 1 aliphatic carbocycles. The second kappa shape index (κ2) is 6.98. The zero-order valence-electron chi connectivity index (χ0n) is 16.3. The Balaban J connectivity index is 1.57. The standard InChI is InChI=1S/C22H21N3O4/c1-21(2)13-22(11-17(12-23)19(21)26)14-25(8-10-28-22)20(27)16-5-3-15(4-6-16)18-7-9-29-24-18/h3-7,9,11H,8,10,13-14H2,1-2H3.